The van der Waals surface area contributed by atoms with E-state index in [1.807, 2.05) is 36.4 Å². The Labute approximate surface area is 195 Å². The van der Waals surface area contributed by atoms with Crippen LogP contribution in [0.1, 0.15) is 29.0 Å². The summed E-state index contributed by atoms with van der Waals surface area (Å²) in [6, 6.07) is 20.1. The van der Waals surface area contributed by atoms with Crippen LogP contribution in [0, 0.1) is 0 Å². The topological polar surface area (TPSA) is 75.6 Å². The first kappa shape index (κ1) is 22.2. The zero-order valence-corrected chi connectivity index (χ0v) is 18.6. The minimum Gasteiger partial charge on any atom is -0.480 e. The lowest BCUT2D eigenvalue weighted by atomic mass is 9.98. The molecule has 0 aliphatic heterocycles. The van der Waals surface area contributed by atoms with E-state index in [4.69, 9.17) is 27.9 Å². The maximum atomic E-state index is 12.4. The van der Waals surface area contributed by atoms with Gasteiger partial charge >= 0.3 is 12.1 Å². The van der Waals surface area contributed by atoms with Gasteiger partial charge in [0.1, 0.15) is 12.6 Å². The Kier molecular flexibility index (Phi) is 6.68. The molecule has 0 aromatic heterocycles. The molecule has 0 saturated carbocycles. The van der Waals surface area contributed by atoms with Gasteiger partial charge in [-0.2, -0.15) is 0 Å². The van der Waals surface area contributed by atoms with Gasteiger partial charge in [-0.15, -0.1) is 0 Å². The van der Waals surface area contributed by atoms with E-state index in [1.165, 1.54) is 0 Å². The quantitative estimate of drug-likeness (QED) is 0.450. The van der Waals surface area contributed by atoms with Crippen molar-refractivity contribution in [2.75, 3.05) is 6.61 Å². The van der Waals surface area contributed by atoms with Crippen LogP contribution in [0.25, 0.3) is 11.1 Å². The number of ether oxygens (including phenoxy) is 1. The van der Waals surface area contributed by atoms with Gasteiger partial charge in [-0.25, -0.2) is 9.59 Å². The van der Waals surface area contributed by atoms with E-state index in [9.17, 15) is 14.7 Å². The number of carboxylic acid groups (broad SMARTS) is 1. The molecule has 4 rings (SSSR count). The summed E-state index contributed by atoms with van der Waals surface area (Å²) in [4.78, 5) is 24.1. The number of hydrogen-bond acceptors (Lipinski definition) is 3. The second kappa shape index (κ2) is 9.63. The highest BCUT2D eigenvalue weighted by atomic mass is 35.5. The zero-order chi connectivity index (χ0) is 22.7. The van der Waals surface area contributed by atoms with Gasteiger partial charge in [-0.1, -0.05) is 77.8 Å². The highest BCUT2D eigenvalue weighted by Crippen LogP contribution is 2.44. The van der Waals surface area contributed by atoms with Crippen molar-refractivity contribution in [3.05, 3.63) is 93.5 Å². The number of aliphatic carboxylic acids is 1. The van der Waals surface area contributed by atoms with Crippen LogP contribution >= 0.6 is 23.2 Å². The Morgan fingerprint density at radius 2 is 1.56 bits per heavy atom. The molecule has 0 heterocycles. The Morgan fingerprint density at radius 1 is 0.938 bits per heavy atom. The van der Waals surface area contributed by atoms with Crippen molar-refractivity contribution in [3.8, 4) is 11.1 Å². The number of halogens is 2. The van der Waals surface area contributed by atoms with Gasteiger partial charge in [0.25, 0.3) is 0 Å². The molecule has 1 atom stereocenters. The summed E-state index contributed by atoms with van der Waals surface area (Å²) in [6.45, 7) is 0.124. The van der Waals surface area contributed by atoms with Crippen molar-refractivity contribution in [1.82, 2.24) is 5.32 Å². The maximum absolute atomic E-state index is 12.4. The van der Waals surface area contributed by atoms with Gasteiger partial charge in [0, 0.05) is 5.92 Å². The number of carboxylic acids is 1. The van der Waals surface area contributed by atoms with E-state index in [0.717, 1.165) is 27.8 Å². The van der Waals surface area contributed by atoms with E-state index in [-0.39, 0.29) is 18.9 Å². The molecule has 1 amide bonds. The van der Waals surface area contributed by atoms with Crippen molar-refractivity contribution in [2.24, 2.45) is 0 Å². The van der Waals surface area contributed by atoms with Gasteiger partial charge in [0.15, 0.2) is 0 Å². The molecular weight excluding hydrogens is 449 g/mol. The molecule has 2 N–H and O–H groups in total. The average molecular weight is 470 g/mol. The number of carbonyl (C=O) groups is 2. The normalized spacial score (nSPS) is 13.2. The van der Waals surface area contributed by atoms with E-state index in [2.05, 4.69) is 17.4 Å². The molecule has 0 bridgehead atoms. The van der Waals surface area contributed by atoms with Crippen molar-refractivity contribution < 1.29 is 19.4 Å². The minimum absolute atomic E-state index is 0.0902. The standard InChI is InChI=1S/C25H21Cl2NO4/c26-21-11-9-15(13-22(21)27)10-12-23(24(29)30)28-25(31)32-14-20-18-7-3-1-5-16(18)17-6-2-4-8-19(17)20/h1-9,11,13,20,23H,10,12,14H2,(H,28,31)(H,29,30)/t23-/m0/s1. The van der Waals surface area contributed by atoms with E-state index >= 15 is 0 Å². The summed E-state index contributed by atoms with van der Waals surface area (Å²) in [6.07, 6.45) is -0.150. The third-order valence-electron chi connectivity index (χ3n) is 5.64. The Morgan fingerprint density at radius 3 is 2.16 bits per heavy atom. The fourth-order valence-electron chi connectivity index (χ4n) is 4.05. The van der Waals surface area contributed by atoms with Crippen molar-refractivity contribution in [3.63, 3.8) is 0 Å². The average Bonchev–Trinajstić information content (AvgIpc) is 3.11. The second-order valence-electron chi connectivity index (χ2n) is 7.65. The molecule has 1 aliphatic carbocycles. The summed E-state index contributed by atoms with van der Waals surface area (Å²) in [5.41, 5.74) is 5.27. The molecular formula is C25H21Cl2NO4. The molecule has 3 aromatic carbocycles. The monoisotopic (exact) mass is 469 g/mol. The third kappa shape index (κ3) is 4.74. The predicted octanol–water partition coefficient (Wildman–Crippen LogP) is 5.92. The molecule has 164 valence electrons. The lowest BCUT2D eigenvalue weighted by Crippen LogP contribution is -2.41. The summed E-state index contributed by atoms with van der Waals surface area (Å²) >= 11 is 11.9. The number of benzene rings is 3. The largest absolute Gasteiger partial charge is 0.480 e. The van der Waals surface area contributed by atoms with Crippen LogP contribution in [0.5, 0.6) is 0 Å². The van der Waals surface area contributed by atoms with Gasteiger partial charge in [-0.05, 0) is 52.8 Å². The first-order chi connectivity index (χ1) is 15.4. The molecule has 3 aromatic rings. The number of amides is 1. The zero-order valence-electron chi connectivity index (χ0n) is 17.1. The Balaban J connectivity index is 1.38. The summed E-state index contributed by atoms with van der Waals surface area (Å²) in [5, 5.41) is 12.8. The van der Waals surface area contributed by atoms with Crippen molar-refractivity contribution in [1.29, 1.82) is 0 Å². The number of alkyl carbamates (subject to hydrolysis) is 1. The Bertz CT molecular complexity index is 1120. The van der Waals surface area contributed by atoms with Crippen LogP contribution in [-0.4, -0.2) is 29.8 Å². The number of fused-ring (bicyclic) bond motifs is 3. The lowest BCUT2D eigenvalue weighted by molar-refractivity contribution is -0.139. The van der Waals surface area contributed by atoms with E-state index in [1.54, 1.807) is 18.2 Å². The van der Waals surface area contributed by atoms with E-state index < -0.39 is 18.1 Å². The van der Waals surface area contributed by atoms with Crippen LogP contribution in [0.2, 0.25) is 10.0 Å². The first-order valence-electron chi connectivity index (χ1n) is 10.2. The Hall–Kier alpha value is -3.02. The van der Waals surface area contributed by atoms with E-state index in [0.29, 0.717) is 16.5 Å². The molecule has 0 radical (unpaired) electrons. The van der Waals surface area contributed by atoms with Crippen molar-refractivity contribution in [2.45, 2.75) is 24.8 Å². The number of hydrogen-bond donors (Lipinski definition) is 2. The van der Waals surface area contributed by atoms with Crippen molar-refractivity contribution >= 4 is 35.3 Å². The molecule has 0 fully saturated rings. The van der Waals surface area contributed by atoms with Gasteiger partial charge in [0.2, 0.25) is 0 Å². The fraction of sp³-hybridized carbons (Fsp3) is 0.200. The lowest BCUT2D eigenvalue weighted by Gasteiger charge is -2.17. The summed E-state index contributed by atoms with van der Waals surface area (Å²) in [7, 11) is 0. The molecule has 5 nitrogen and oxygen atoms in total. The number of nitrogens with one attached hydrogen (secondary N) is 1. The van der Waals surface area contributed by atoms with Crippen LogP contribution in [0.4, 0.5) is 4.79 Å². The van der Waals surface area contributed by atoms with Crippen LogP contribution in [0.3, 0.4) is 0 Å². The molecule has 7 heteroatoms. The highest BCUT2D eigenvalue weighted by Gasteiger charge is 2.29. The molecule has 0 saturated heterocycles. The maximum Gasteiger partial charge on any atom is 0.407 e. The number of aryl methyl sites for hydroxylation is 1. The van der Waals surface area contributed by atoms with Gasteiger partial charge in [0.05, 0.1) is 10.0 Å². The van der Waals surface area contributed by atoms with Gasteiger partial charge in [-0.3, -0.25) is 0 Å². The third-order valence-corrected chi connectivity index (χ3v) is 6.38. The fourth-order valence-corrected chi connectivity index (χ4v) is 4.37. The minimum atomic E-state index is -1.13. The highest BCUT2D eigenvalue weighted by molar-refractivity contribution is 6.42. The van der Waals surface area contributed by atoms with Gasteiger partial charge < -0.3 is 15.2 Å². The van der Waals surface area contributed by atoms with Crippen LogP contribution in [-0.2, 0) is 16.0 Å². The van der Waals surface area contributed by atoms with Crippen LogP contribution in [0.15, 0.2) is 66.7 Å². The number of rotatable bonds is 7. The summed E-state index contributed by atoms with van der Waals surface area (Å²) < 4.78 is 5.46. The molecule has 0 unspecified atom stereocenters. The predicted molar refractivity (Wildman–Crippen MR) is 124 cm³/mol. The second-order valence-corrected chi connectivity index (χ2v) is 8.46. The molecule has 0 spiro atoms. The SMILES string of the molecule is O=C(N[C@@H](CCc1ccc(Cl)c(Cl)c1)C(=O)O)OCC1c2ccccc2-c2ccccc21. The van der Waals surface area contributed by atoms with Crippen LogP contribution < -0.4 is 5.32 Å². The smallest absolute Gasteiger partial charge is 0.407 e. The molecule has 1 aliphatic rings. The number of carbonyl (C=O) groups excluding carboxylic acids is 1. The first-order valence-corrected chi connectivity index (χ1v) is 11.0. The summed E-state index contributed by atoms with van der Waals surface area (Å²) in [5.74, 6) is -1.22. The molecule has 32 heavy (non-hydrogen) atoms.